The number of carboxylic acid groups (broad SMARTS) is 1. The molecule has 0 radical (unpaired) electrons. The number of carboxylic acids is 1. The molecule has 1 aromatic heterocycles. The van der Waals surface area contributed by atoms with Crippen molar-refractivity contribution >= 4 is 33.5 Å². The van der Waals surface area contributed by atoms with Crippen LogP contribution in [0.5, 0.6) is 0 Å². The fourth-order valence-electron chi connectivity index (χ4n) is 0.784. The van der Waals surface area contributed by atoms with Crippen LogP contribution in [0, 0.1) is 0 Å². The summed E-state index contributed by atoms with van der Waals surface area (Å²) in [7, 11) is 0. The van der Waals surface area contributed by atoms with E-state index in [0.29, 0.717) is 0 Å². The van der Waals surface area contributed by atoms with Crippen molar-refractivity contribution in [2.45, 2.75) is 6.43 Å². The lowest BCUT2D eigenvalue weighted by Gasteiger charge is -2.04. The van der Waals surface area contributed by atoms with Gasteiger partial charge in [-0.3, -0.25) is 0 Å². The lowest BCUT2D eigenvalue weighted by molar-refractivity contribution is 0.0696. The third-order valence-corrected chi connectivity index (χ3v) is 2.58. The summed E-state index contributed by atoms with van der Waals surface area (Å²) >= 11 is 8.32. The zero-order valence-corrected chi connectivity index (χ0v) is 8.81. The molecule has 0 saturated carbocycles. The molecule has 0 aliphatic rings. The van der Waals surface area contributed by atoms with Crippen LogP contribution >= 0.6 is 27.5 Å². The molecule has 1 N–H and O–H groups in total. The third-order valence-electron chi connectivity index (χ3n) is 1.39. The van der Waals surface area contributed by atoms with Crippen molar-refractivity contribution in [1.29, 1.82) is 0 Å². The van der Waals surface area contributed by atoms with Gasteiger partial charge in [0, 0.05) is 0 Å². The van der Waals surface area contributed by atoms with E-state index in [1.165, 1.54) is 0 Å². The average Bonchev–Trinajstić information content (AvgIpc) is 2.08. The van der Waals surface area contributed by atoms with Gasteiger partial charge in [0.15, 0.2) is 0 Å². The summed E-state index contributed by atoms with van der Waals surface area (Å²) in [4.78, 5) is 14.0. The minimum Gasteiger partial charge on any atom is -0.478 e. The van der Waals surface area contributed by atoms with Gasteiger partial charge in [-0.1, -0.05) is 11.6 Å². The van der Waals surface area contributed by atoms with E-state index in [4.69, 9.17) is 16.7 Å². The van der Waals surface area contributed by atoms with Crippen molar-refractivity contribution in [3.05, 3.63) is 26.9 Å². The first-order valence-corrected chi connectivity index (χ1v) is 4.48. The van der Waals surface area contributed by atoms with Crippen LogP contribution in [0.3, 0.4) is 0 Å². The Balaban J connectivity index is 3.35. The van der Waals surface area contributed by atoms with E-state index >= 15 is 0 Å². The molecule has 0 atom stereocenters. The number of hydrogen-bond acceptors (Lipinski definition) is 2. The van der Waals surface area contributed by atoms with Crippen LogP contribution in [0.15, 0.2) is 10.7 Å². The van der Waals surface area contributed by atoms with Gasteiger partial charge >= 0.3 is 5.97 Å². The Hall–Kier alpha value is -0.750. The van der Waals surface area contributed by atoms with E-state index in [-0.39, 0.29) is 9.63 Å². The summed E-state index contributed by atoms with van der Waals surface area (Å²) in [5.41, 5.74) is -1.03. The predicted molar refractivity (Wildman–Crippen MR) is 48.9 cm³/mol. The van der Waals surface area contributed by atoms with Crippen LogP contribution in [-0.2, 0) is 0 Å². The zero-order valence-electron chi connectivity index (χ0n) is 6.47. The van der Waals surface area contributed by atoms with Crippen LogP contribution in [0.1, 0.15) is 22.5 Å². The van der Waals surface area contributed by atoms with Crippen molar-refractivity contribution < 1.29 is 18.7 Å². The number of aromatic carboxylic acids is 1. The van der Waals surface area contributed by atoms with Gasteiger partial charge in [-0.05, 0) is 22.0 Å². The SMILES string of the molecule is O=C(O)c1cc(C(F)F)nc(Br)c1Cl. The number of carbonyl (C=O) groups is 1. The molecule has 3 nitrogen and oxygen atoms in total. The van der Waals surface area contributed by atoms with Gasteiger partial charge in [-0.25, -0.2) is 18.6 Å². The van der Waals surface area contributed by atoms with Crippen molar-refractivity contribution in [1.82, 2.24) is 4.98 Å². The van der Waals surface area contributed by atoms with E-state index in [2.05, 4.69) is 20.9 Å². The second-order valence-electron chi connectivity index (χ2n) is 2.31. The first kappa shape index (κ1) is 11.3. The molecular formula is C7H3BrClF2NO2. The molecule has 0 fully saturated rings. The Bertz CT molecular complexity index is 386. The molecule has 0 aliphatic carbocycles. The summed E-state index contributed by atoms with van der Waals surface area (Å²) in [6.07, 6.45) is -2.83. The standard InChI is InChI=1S/C7H3BrClF2NO2/c8-5-4(9)2(7(13)14)1-3(12-5)6(10)11/h1,6H,(H,13,14). The summed E-state index contributed by atoms with van der Waals surface area (Å²) in [5, 5.41) is 8.43. The van der Waals surface area contributed by atoms with E-state index < -0.39 is 23.7 Å². The minimum absolute atomic E-state index is 0.102. The van der Waals surface area contributed by atoms with Gasteiger partial charge in [0.05, 0.1) is 10.6 Å². The maximum atomic E-state index is 12.2. The summed E-state index contributed by atoms with van der Waals surface area (Å²) in [6.45, 7) is 0. The summed E-state index contributed by atoms with van der Waals surface area (Å²) in [5.74, 6) is -1.38. The van der Waals surface area contributed by atoms with Crippen molar-refractivity contribution in [3.8, 4) is 0 Å². The Morgan fingerprint density at radius 3 is 2.64 bits per heavy atom. The Labute approximate surface area is 90.8 Å². The van der Waals surface area contributed by atoms with Gasteiger partial charge < -0.3 is 5.11 Å². The third kappa shape index (κ3) is 2.19. The van der Waals surface area contributed by atoms with Crippen LogP contribution in [0.25, 0.3) is 0 Å². The summed E-state index contributed by atoms with van der Waals surface area (Å²) < 4.78 is 24.3. The number of halogens is 4. The second kappa shape index (κ2) is 4.18. The van der Waals surface area contributed by atoms with Crippen LogP contribution in [0.2, 0.25) is 5.02 Å². The molecule has 0 aliphatic heterocycles. The number of pyridine rings is 1. The molecule has 1 rings (SSSR count). The van der Waals surface area contributed by atoms with Crippen LogP contribution in [0.4, 0.5) is 8.78 Å². The van der Waals surface area contributed by atoms with E-state index in [9.17, 15) is 13.6 Å². The van der Waals surface area contributed by atoms with Crippen molar-refractivity contribution in [2.75, 3.05) is 0 Å². The highest BCUT2D eigenvalue weighted by Crippen LogP contribution is 2.28. The molecule has 1 aromatic rings. The molecule has 0 saturated heterocycles. The Morgan fingerprint density at radius 1 is 1.64 bits per heavy atom. The molecule has 14 heavy (non-hydrogen) atoms. The average molecular weight is 286 g/mol. The maximum Gasteiger partial charge on any atom is 0.337 e. The van der Waals surface area contributed by atoms with Gasteiger partial charge in [-0.15, -0.1) is 0 Å². The first-order valence-electron chi connectivity index (χ1n) is 3.31. The van der Waals surface area contributed by atoms with Gasteiger partial charge in [0.1, 0.15) is 10.3 Å². The highest BCUT2D eigenvalue weighted by atomic mass is 79.9. The lowest BCUT2D eigenvalue weighted by atomic mass is 10.2. The molecule has 1 heterocycles. The fraction of sp³-hybridized carbons (Fsp3) is 0.143. The van der Waals surface area contributed by atoms with E-state index in [1.807, 2.05) is 0 Å². The number of rotatable bonds is 2. The van der Waals surface area contributed by atoms with Gasteiger partial charge in [-0.2, -0.15) is 0 Å². The van der Waals surface area contributed by atoms with Crippen molar-refractivity contribution in [3.63, 3.8) is 0 Å². The molecular weight excluding hydrogens is 283 g/mol. The number of alkyl halides is 2. The topological polar surface area (TPSA) is 50.2 Å². The molecule has 7 heteroatoms. The summed E-state index contributed by atoms with van der Waals surface area (Å²) in [6, 6.07) is 0.750. The van der Waals surface area contributed by atoms with E-state index in [1.54, 1.807) is 0 Å². The smallest absolute Gasteiger partial charge is 0.337 e. The molecule has 0 bridgehead atoms. The number of nitrogens with zero attached hydrogens (tertiary/aromatic N) is 1. The van der Waals surface area contributed by atoms with Crippen LogP contribution < -0.4 is 0 Å². The Morgan fingerprint density at radius 2 is 2.21 bits per heavy atom. The molecule has 0 unspecified atom stereocenters. The fourth-order valence-corrected chi connectivity index (χ4v) is 1.38. The number of hydrogen-bond donors (Lipinski definition) is 1. The van der Waals surface area contributed by atoms with E-state index in [0.717, 1.165) is 6.07 Å². The number of aromatic nitrogens is 1. The molecule has 76 valence electrons. The quantitative estimate of drug-likeness (QED) is 0.850. The monoisotopic (exact) mass is 285 g/mol. The lowest BCUT2D eigenvalue weighted by Crippen LogP contribution is -2.02. The maximum absolute atomic E-state index is 12.2. The van der Waals surface area contributed by atoms with Gasteiger partial charge in [0.25, 0.3) is 6.43 Å². The van der Waals surface area contributed by atoms with Crippen LogP contribution in [-0.4, -0.2) is 16.1 Å². The highest BCUT2D eigenvalue weighted by Gasteiger charge is 2.18. The van der Waals surface area contributed by atoms with Gasteiger partial charge in [0.2, 0.25) is 0 Å². The predicted octanol–water partition coefficient (Wildman–Crippen LogP) is 3.13. The second-order valence-corrected chi connectivity index (χ2v) is 3.43. The molecule has 0 spiro atoms. The molecule has 0 aromatic carbocycles. The normalized spacial score (nSPS) is 10.6. The largest absolute Gasteiger partial charge is 0.478 e. The Kier molecular flexibility index (Phi) is 3.38. The van der Waals surface area contributed by atoms with Crippen molar-refractivity contribution in [2.24, 2.45) is 0 Å². The minimum atomic E-state index is -2.83. The first-order chi connectivity index (χ1) is 6.43. The molecule has 0 amide bonds. The zero-order chi connectivity index (χ0) is 10.9. The highest BCUT2D eigenvalue weighted by molar-refractivity contribution is 9.10.